The van der Waals surface area contributed by atoms with Crippen LogP contribution in [0.1, 0.15) is 69.1 Å². The minimum Gasteiger partial charge on any atom is -0.309 e. The molecule has 0 radical (unpaired) electrons. The second kappa shape index (κ2) is 13.1. The largest absolute Gasteiger partial charge is 0.309 e. The number of hydrogen-bond acceptors (Lipinski definition) is 5. The zero-order valence-electron chi connectivity index (χ0n) is 30.1. The zero-order valence-corrected chi connectivity index (χ0v) is 30.1. The van der Waals surface area contributed by atoms with Crippen LogP contribution in [0, 0.1) is 40.4 Å². The average Bonchev–Trinajstić information content (AvgIpc) is 3.53. The Balaban J connectivity index is 1.24. The molecular formula is C47H40N6. The number of hydrogen-bond donors (Lipinski definition) is 0. The fourth-order valence-corrected chi connectivity index (χ4v) is 9.65. The molecule has 5 aromatic carbocycles. The fraction of sp³-hybridized carbons (Fsp3) is 0.255. The maximum atomic E-state index is 9.59. The quantitative estimate of drug-likeness (QED) is 0.173. The predicted octanol–water partition coefficient (Wildman–Crippen LogP) is 11.2. The molecule has 0 aliphatic heterocycles. The van der Waals surface area contributed by atoms with Gasteiger partial charge in [-0.25, -0.2) is 15.0 Å². The summed E-state index contributed by atoms with van der Waals surface area (Å²) in [5, 5.41) is 21.4. The summed E-state index contributed by atoms with van der Waals surface area (Å²) < 4.78 is 2.32. The molecule has 2 aromatic heterocycles. The molecule has 0 spiro atoms. The summed E-state index contributed by atoms with van der Waals surface area (Å²) in [4.78, 5) is 14.9. The Bertz CT molecular complexity index is 2570. The van der Waals surface area contributed by atoms with Crippen molar-refractivity contribution in [2.45, 2.75) is 57.8 Å². The van der Waals surface area contributed by atoms with Crippen LogP contribution in [0.4, 0.5) is 0 Å². The molecule has 6 nitrogen and oxygen atoms in total. The standard InChI is InChI=1S/C47H40N6/c1-3-31-22-34-21-30(2)25-47(26-31,27-34)38-16-20-42-41(24-38)40-19-15-37(23-43(40)53(42)39-17-11-33(29-49)12-18-39)46-51-44(35-7-5-4-6-8-35)50-45(52-46)36-13-9-32(28-48)10-14-36/h4-20,23-24,30-31,34H,3,21-22,25-27H2,1-2H3/t30-,31+,34-,47?/m1/s1. The minimum absolute atomic E-state index is 0.221. The molecule has 2 saturated carbocycles. The summed E-state index contributed by atoms with van der Waals surface area (Å²) in [7, 11) is 0. The van der Waals surface area contributed by atoms with Crippen molar-refractivity contribution in [1.29, 1.82) is 10.5 Å². The van der Waals surface area contributed by atoms with Crippen molar-refractivity contribution in [1.82, 2.24) is 19.5 Å². The lowest BCUT2D eigenvalue weighted by atomic mass is 9.54. The van der Waals surface area contributed by atoms with E-state index >= 15 is 0 Å². The Morgan fingerprint density at radius 1 is 0.642 bits per heavy atom. The fourth-order valence-electron chi connectivity index (χ4n) is 9.65. The Hall–Kier alpha value is -6.11. The van der Waals surface area contributed by atoms with Crippen molar-refractivity contribution < 1.29 is 0 Å². The van der Waals surface area contributed by atoms with Crippen LogP contribution in [-0.4, -0.2) is 19.5 Å². The lowest BCUT2D eigenvalue weighted by Gasteiger charge is -2.51. The third-order valence-electron chi connectivity index (χ3n) is 11.9. The highest BCUT2D eigenvalue weighted by Crippen LogP contribution is 2.55. The Kier molecular flexibility index (Phi) is 8.13. The smallest absolute Gasteiger partial charge is 0.164 e. The average molecular weight is 689 g/mol. The first kappa shape index (κ1) is 32.8. The van der Waals surface area contributed by atoms with Gasteiger partial charge in [0.05, 0.1) is 34.3 Å². The lowest BCUT2D eigenvalue weighted by molar-refractivity contribution is 0.0703. The van der Waals surface area contributed by atoms with Crippen molar-refractivity contribution in [2.24, 2.45) is 17.8 Å². The second-order valence-electron chi connectivity index (χ2n) is 15.4. The number of nitrogens with zero attached hydrogens (tertiary/aromatic N) is 6. The summed E-state index contributed by atoms with van der Waals surface area (Å²) in [6.45, 7) is 4.83. The number of aromatic nitrogens is 4. The molecular weight excluding hydrogens is 649 g/mol. The van der Waals surface area contributed by atoms with Gasteiger partial charge >= 0.3 is 0 Å². The molecule has 9 rings (SSSR count). The van der Waals surface area contributed by atoms with Crippen molar-refractivity contribution in [2.75, 3.05) is 0 Å². The molecule has 4 atom stereocenters. The summed E-state index contributed by atoms with van der Waals surface area (Å²) in [5.74, 6) is 4.05. The van der Waals surface area contributed by atoms with Gasteiger partial charge in [0.1, 0.15) is 0 Å². The van der Waals surface area contributed by atoms with Crippen LogP contribution in [0.3, 0.4) is 0 Å². The van der Waals surface area contributed by atoms with Crippen LogP contribution in [0.25, 0.3) is 61.7 Å². The Morgan fingerprint density at radius 2 is 1.28 bits per heavy atom. The number of nitriles is 2. The van der Waals surface area contributed by atoms with Crippen molar-refractivity contribution in [3.05, 3.63) is 132 Å². The first-order chi connectivity index (χ1) is 25.9. The first-order valence-electron chi connectivity index (χ1n) is 18.9. The molecule has 2 fully saturated rings. The van der Waals surface area contributed by atoms with E-state index in [4.69, 9.17) is 15.0 Å². The molecule has 53 heavy (non-hydrogen) atoms. The van der Waals surface area contributed by atoms with E-state index in [0.717, 1.165) is 51.2 Å². The first-order valence-corrected chi connectivity index (χ1v) is 18.9. The van der Waals surface area contributed by atoms with Gasteiger partial charge in [-0.15, -0.1) is 0 Å². The molecule has 0 amide bonds. The van der Waals surface area contributed by atoms with Gasteiger partial charge in [0.2, 0.25) is 0 Å². The lowest BCUT2D eigenvalue weighted by Crippen LogP contribution is -2.42. The molecule has 6 heteroatoms. The van der Waals surface area contributed by atoms with E-state index in [0.29, 0.717) is 28.6 Å². The third kappa shape index (κ3) is 5.85. The molecule has 1 unspecified atom stereocenters. The van der Waals surface area contributed by atoms with Gasteiger partial charge in [0.15, 0.2) is 17.5 Å². The number of benzene rings is 5. The van der Waals surface area contributed by atoms with Crippen LogP contribution in [0.5, 0.6) is 0 Å². The van der Waals surface area contributed by atoms with E-state index in [1.54, 1.807) is 12.1 Å². The molecule has 258 valence electrons. The zero-order chi connectivity index (χ0) is 36.1. The van der Waals surface area contributed by atoms with Crippen molar-refractivity contribution >= 4 is 21.8 Å². The summed E-state index contributed by atoms with van der Waals surface area (Å²) in [6, 6.07) is 43.5. The highest BCUT2D eigenvalue weighted by atomic mass is 15.0. The monoisotopic (exact) mass is 688 g/mol. The van der Waals surface area contributed by atoms with E-state index in [1.165, 1.54) is 54.9 Å². The van der Waals surface area contributed by atoms with E-state index in [1.807, 2.05) is 66.7 Å². The van der Waals surface area contributed by atoms with Crippen LogP contribution in [-0.2, 0) is 5.41 Å². The van der Waals surface area contributed by atoms with E-state index in [-0.39, 0.29) is 5.41 Å². The highest BCUT2D eigenvalue weighted by molar-refractivity contribution is 6.10. The van der Waals surface area contributed by atoms with Gasteiger partial charge in [-0.1, -0.05) is 68.8 Å². The van der Waals surface area contributed by atoms with E-state index < -0.39 is 0 Å². The molecule has 2 bridgehead atoms. The summed E-state index contributed by atoms with van der Waals surface area (Å²) >= 11 is 0. The molecule has 2 heterocycles. The maximum Gasteiger partial charge on any atom is 0.164 e. The maximum absolute atomic E-state index is 9.59. The van der Waals surface area contributed by atoms with Gasteiger partial charge in [0, 0.05) is 33.2 Å². The molecule has 2 aliphatic carbocycles. The van der Waals surface area contributed by atoms with Crippen LogP contribution in [0.15, 0.2) is 115 Å². The van der Waals surface area contributed by atoms with Gasteiger partial charge in [-0.05, 0) is 128 Å². The molecule has 2 aliphatic rings. The van der Waals surface area contributed by atoms with E-state index in [9.17, 15) is 10.5 Å². The van der Waals surface area contributed by atoms with Crippen molar-refractivity contribution in [3.63, 3.8) is 0 Å². The van der Waals surface area contributed by atoms with Crippen LogP contribution in [0.2, 0.25) is 0 Å². The molecule has 0 saturated heterocycles. The molecule has 0 N–H and O–H groups in total. The number of rotatable bonds is 6. The van der Waals surface area contributed by atoms with Gasteiger partial charge in [-0.3, -0.25) is 0 Å². The van der Waals surface area contributed by atoms with E-state index in [2.05, 4.69) is 67.0 Å². The van der Waals surface area contributed by atoms with Gasteiger partial charge in [0.25, 0.3) is 0 Å². The van der Waals surface area contributed by atoms with Gasteiger partial charge < -0.3 is 4.57 Å². The van der Waals surface area contributed by atoms with Gasteiger partial charge in [-0.2, -0.15) is 10.5 Å². The SMILES string of the molecule is CC[C@H]1C[C@H]2C[C@@H](C)CC(c3ccc4c(c3)c3ccc(-c5nc(-c6ccccc6)nc(-c6ccc(C#N)cc6)n5)cc3n4-c3ccc(C#N)cc3)(C2)C1. The second-order valence-corrected chi connectivity index (χ2v) is 15.4. The van der Waals surface area contributed by atoms with Crippen LogP contribution < -0.4 is 0 Å². The highest BCUT2D eigenvalue weighted by Gasteiger charge is 2.46. The summed E-state index contributed by atoms with van der Waals surface area (Å²) in [5.41, 5.74) is 8.73. The predicted molar refractivity (Wildman–Crippen MR) is 211 cm³/mol. The summed E-state index contributed by atoms with van der Waals surface area (Å²) in [6.07, 6.45) is 7.82. The third-order valence-corrected chi connectivity index (χ3v) is 11.9. The Morgan fingerprint density at radius 3 is 1.96 bits per heavy atom. The minimum atomic E-state index is 0.221. The topological polar surface area (TPSA) is 91.2 Å². The number of fused-ring (bicyclic) bond motifs is 5. The normalized spacial score (nSPS) is 20.9. The molecule has 7 aromatic rings. The van der Waals surface area contributed by atoms with Crippen LogP contribution >= 0.6 is 0 Å². The Labute approximate surface area is 310 Å². The van der Waals surface area contributed by atoms with Crippen molar-refractivity contribution in [3.8, 4) is 52.0 Å².